The predicted molar refractivity (Wildman–Crippen MR) is 74.9 cm³/mol. The van der Waals surface area contributed by atoms with Crippen LogP contribution >= 0.6 is 11.3 Å². The number of thiazole rings is 1. The SMILES string of the molecule is CC(C)(N)c1cnc(CCOc2ccccc2F)s1. The van der Waals surface area contributed by atoms with E-state index in [1.165, 1.54) is 6.07 Å². The Morgan fingerprint density at radius 3 is 2.74 bits per heavy atom. The minimum atomic E-state index is -0.373. The second kappa shape index (κ2) is 5.67. The highest BCUT2D eigenvalue weighted by Gasteiger charge is 2.17. The van der Waals surface area contributed by atoms with Gasteiger partial charge in [0.15, 0.2) is 11.6 Å². The molecule has 0 aliphatic heterocycles. The number of rotatable bonds is 5. The first kappa shape index (κ1) is 14.0. The van der Waals surface area contributed by atoms with Crippen LogP contribution in [0.4, 0.5) is 4.39 Å². The van der Waals surface area contributed by atoms with Gasteiger partial charge < -0.3 is 10.5 Å². The van der Waals surface area contributed by atoms with Crippen LogP contribution in [0.2, 0.25) is 0 Å². The van der Waals surface area contributed by atoms with E-state index in [9.17, 15) is 4.39 Å². The zero-order chi connectivity index (χ0) is 13.9. The highest BCUT2D eigenvalue weighted by Crippen LogP contribution is 2.24. The van der Waals surface area contributed by atoms with Gasteiger partial charge in [0.1, 0.15) is 0 Å². The lowest BCUT2D eigenvalue weighted by atomic mass is 10.1. The monoisotopic (exact) mass is 280 g/mol. The number of hydrogen-bond acceptors (Lipinski definition) is 4. The largest absolute Gasteiger partial charge is 0.490 e. The summed E-state index contributed by atoms with van der Waals surface area (Å²) >= 11 is 1.57. The van der Waals surface area contributed by atoms with Crippen LogP contribution in [-0.4, -0.2) is 11.6 Å². The van der Waals surface area contributed by atoms with Gasteiger partial charge in [0.05, 0.1) is 11.6 Å². The molecule has 0 aliphatic carbocycles. The van der Waals surface area contributed by atoms with E-state index < -0.39 is 0 Å². The number of benzene rings is 1. The van der Waals surface area contributed by atoms with Crippen molar-refractivity contribution in [2.75, 3.05) is 6.61 Å². The van der Waals surface area contributed by atoms with E-state index in [4.69, 9.17) is 10.5 Å². The Morgan fingerprint density at radius 1 is 1.37 bits per heavy atom. The van der Waals surface area contributed by atoms with Crippen molar-refractivity contribution in [3.63, 3.8) is 0 Å². The topological polar surface area (TPSA) is 48.1 Å². The first-order chi connectivity index (χ1) is 8.97. The van der Waals surface area contributed by atoms with Gasteiger partial charge in [-0.25, -0.2) is 9.37 Å². The van der Waals surface area contributed by atoms with Crippen LogP contribution in [-0.2, 0) is 12.0 Å². The summed E-state index contributed by atoms with van der Waals surface area (Å²) in [6.45, 7) is 4.29. The first-order valence-corrected chi connectivity index (χ1v) is 6.90. The van der Waals surface area contributed by atoms with E-state index >= 15 is 0 Å². The molecular weight excluding hydrogens is 263 g/mol. The number of hydrogen-bond donors (Lipinski definition) is 1. The van der Waals surface area contributed by atoms with Gasteiger partial charge in [-0.15, -0.1) is 11.3 Å². The summed E-state index contributed by atoms with van der Waals surface area (Å²) in [5.74, 6) is -0.0659. The number of halogens is 1. The number of ether oxygens (including phenoxy) is 1. The van der Waals surface area contributed by atoms with Crippen LogP contribution in [0, 0.1) is 5.82 Å². The molecule has 0 radical (unpaired) electrons. The molecule has 0 aliphatic rings. The Balaban J connectivity index is 1.90. The Labute approximate surface area is 116 Å². The van der Waals surface area contributed by atoms with Crippen molar-refractivity contribution < 1.29 is 9.13 Å². The summed E-state index contributed by atoms with van der Waals surface area (Å²) in [6.07, 6.45) is 2.44. The summed E-state index contributed by atoms with van der Waals surface area (Å²) in [5.41, 5.74) is 5.63. The van der Waals surface area contributed by atoms with Crippen molar-refractivity contribution in [1.29, 1.82) is 0 Å². The van der Waals surface area contributed by atoms with E-state index in [0.29, 0.717) is 13.0 Å². The van der Waals surface area contributed by atoms with E-state index in [1.807, 2.05) is 13.8 Å². The van der Waals surface area contributed by atoms with E-state index in [-0.39, 0.29) is 17.1 Å². The maximum Gasteiger partial charge on any atom is 0.165 e. The number of nitrogens with zero attached hydrogens (tertiary/aromatic N) is 1. The summed E-state index contributed by atoms with van der Waals surface area (Å²) in [4.78, 5) is 5.34. The molecule has 0 bridgehead atoms. The van der Waals surface area contributed by atoms with E-state index in [1.54, 1.807) is 35.7 Å². The van der Waals surface area contributed by atoms with Crippen LogP contribution in [0.15, 0.2) is 30.5 Å². The number of aromatic nitrogens is 1. The Hall–Kier alpha value is -1.46. The molecule has 1 aromatic carbocycles. The molecule has 1 heterocycles. The lowest BCUT2D eigenvalue weighted by Gasteiger charge is -2.14. The molecule has 0 saturated heterocycles. The number of para-hydroxylation sites is 1. The second-order valence-corrected chi connectivity index (χ2v) is 5.98. The third kappa shape index (κ3) is 3.75. The molecule has 0 unspecified atom stereocenters. The lowest BCUT2D eigenvalue weighted by molar-refractivity contribution is 0.305. The molecule has 0 amide bonds. The zero-order valence-corrected chi connectivity index (χ0v) is 11.8. The third-order valence-corrected chi connectivity index (χ3v) is 4.00. The lowest BCUT2D eigenvalue weighted by Crippen LogP contribution is -2.27. The standard InChI is InChI=1S/C14H17FN2OS/c1-14(2,16)12-9-17-13(19-12)7-8-18-11-6-4-3-5-10(11)15/h3-6,9H,7-8,16H2,1-2H3. The molecule has 2 N–H and O–H groups in total. The minimum Gasteiger partial charge on any atom is -0.490 e. The summed E-state index contributed by atoms with van der Waals surface area (Å²) in [5, 5.41) is 0.949. The molecule has 2 aromatic rings. The van der Waals surface area contributed by atoms with Gasteiger partial charge in [0.25, 0.3) is 0 Å². The van der Waals surface area contributed by atoms with Crippen molar-refractivity contribution in [1.82, 2.24) is 4.98 Å². The van der Waals surface area contributed by atoms with Crippen molar-refractivity contribution in [3.8, 4) is 5.75 Å². The second-order valence-electron chi connectivity index (χ2n) is 4.87. The Morgan fingerprint density at radius 2 is 2.11 bits per heavy atom. The molecule has 0 fully saturated rings. The zero-order valence-electron chi connectivity index (χ0n) is 11.0. The fourth-order valence-corrected chi connectivity index (χ4v) is 2.45. The third-order valence-electron chi connectivity index (χ3n) is 2.60. The van der Waals surface area contributed by atoms with E-state index in [2.05, 4.69) is 4.98 Å². The van der Waals surface area contributed by atoms with Gasteiger partial charge in [-0.3, -0.25) is 0 Å². The highest BCUT2D eigenvalue weighted by molar-refractivity contribution is 7.11. The summed E-state index contributed by atoms with van der Waals surface area (Å²) in [7, 11) is 0. The van der Waals surface area contributed by atoms with Crippen LogP contribution < -0.4 is 10.5 Å². The van der Waals surface area contributed by atoms with Crippen LogP contribution in [0.25, 0.3) is 0 Å². The van der Waals surface area contributed by atoms with Gasteiger partial charge in [-0.2, -0.15) is 0 Å². The quantitative estimate of drug-likeness (QED) is 0.915. The molecule has 19 heavy (non-hydrogen) atoms. The summed E-state index contributed by atoms with van der Waals surface area (Å²) < 4.78 is 18.7. The average molecular weight is 280 g/mol. The fourth-order valence-electron chi connectivity index (χ4n) is 1.53. The fraction of sp³-hybridized carbons (Fsp3) is 0.357. The molecule has 5 heteroatoms. The molecule has 2 rings (SSSR count). The maximum atomic E-state index is 13.3. The minimum absolute atomic E-state index is 0.276. The normalized spacial score (nSPS) is 11.6. The average Bonchev–Trinajstić information content (AvgIpc) is 2.80. The van der Waals surface area contributed by atoms with Crippen molar-refractivity contribution >= 4 is 11.3 Å². The molecule has 3 nitrogen and oxygen atoms in total. The maximum absolute atomic E-state index is 13.3. The highest BCUT2D eigenvalue weighted by atomic mass is 32.1. The smallest absolute Gasteiger partial charge is 0.165 e. The summed E-state index contributed by atoms with van der Waals surface area (Å²) in [6, 6.07) is 6.38. The predicted octanol–water partition coefficient (Wildman–Crippen LogP) is 3.10. The van der Waals surface area contributed by atoms with Crippen LogP contribution in [0.1, 0.15) is 23.7 Å². The van der Waals surface area contributed by atoms with Gasteiger partial charge in [0, 0.05) is 23.0 Å². The molecule has 0 spiro atoms. The Bertz CT molecular complexity index is 548. The van der Waals surface area contributed by atoms with Gasteiger partial charge in [-0.05, 0) is 26.0 Å². The number of nitrogens with two attached hydrogens (primary N) is 1. The molecule has 102 valence electrons. The van der Waals surface area contributed by atoms with Crippen molar-refractivity contribution in [2.24, 2.45) is 5.73 Å². The van der Waals surface area contributed by atoms with Gasteiger partial charge in [0.2, 0.25) is 0 Å². The molecule has 1 aromatic heterocycles. The first-order valence-electron chi connectivity index (χ1n) is 6.08. The van der Waals surface area contributed by atoms with Crippen molar-refractivity contribution in [3.05, 3.63) is 46.2 Å². The van der Waals surface area contributed by atoms with Gasteiger partial charge in [-0.1, -0.05) is 12.1 Å². The molecule has 0 saturated carbocycles. The van der Waals surface area contributed by atoms with Gasteiger partial charge >= 0.3 is 0 Å². The molecular formula is C14H17FN2OS. The molecule has 0 atom stereocenters. The Kier molecular flexibility index (Phi) is 4.17. The van der Waals surface area contributed by atoms with Crippen molar-refractivity contribution in [2.45, 2.75) is 25.8 Å². The van der Waals surface area contributed by atoms with E-state index in [0.717, 1.165) is 9.88 Å². The van der Waals surface area contributed by atoms with Crippen LogP contribution in [0.5, 0.6) is 5.75 Å². The van der Waals surface area contributed by atoms with Crippen LogP contribution in [0.3, 0.4) is 0 Å².